The highest BCUT2D eigenvalue weighted by atomic mass is 79.9. The van der Waals surface area contributed by atoms with Gasteiger partial charge < -0.3 is 4.90 Å². The van der Waals surface area contributed by atoms with E-state index < -0.39 is 0 Å². The third-order valence-electron chi connectivity index (χ3n) is 2.54. The minimum Gasteiger partial charge on any atom is -0.345 e. The number of nitrogens with zero attached hydrogens (tertiary/aromatic N) is 1. The summed E-state index contributed by atoms with van der Waals surface area (Å²) in [6.07, 6.45) is 5.98. The fraction of sp³-hybridized carbons (Fsp3) is 0.0769. The van der Waals surface area contributed by atoms with Gasteiger partial charge in [0, 0.05) is 28.5 Å². The van der Waals surface area contributed by atoms with Crippen molar-refractivity contribution in [2.24, 2.45) is 0 Å². The number of halogens is 2. The molecule has 82 valence electrons. The number of benzene rings is 1. The second-order valence-corrected chi connectivity index (χ2v) is 4.91. The average Bonchev–Trinajstić information content (AvgIpc) is 2.23. The highest BCUT2D eigenvalue weighted by molar-refractivity contribution is 9.10. The maximum Gasteiger partial charge on any atom is 0.0510 e. The zero-order valence-electron chi connectivity index (χ0n) is 8.87. The molecule has 2 rings (SSSR count). The minimum absolute atomic E-state index is 0.732. The molecule has 0 saturated carbocycles. The van der Waals surface area contributed by atoms with Gasteiger partial charge in [-0.1, -0.05) is 46.3 Å². The van der Waals surface area contributed by atoms with Crippen molar-refractivity contribution in [3.63, 3.8) is 0 Å². The van der Waals surface area contributed by atoms with E-state index in [-0.39, 0.29) is 0 Å². The fourth-order valence-corrected chi connectivity index (χ4v) is 2.37. The molecule has 3 heteroatoms. The minimum atomic E-state index is 0.732. The molecule has 1 aromatic carbocycles. The number of hydrogen-bond acceptors (Lipinski definition) is 1. The Labute approximate surface area is 109 Å². The molecule has 0 radical (unpaired) electrons. The van der Waals surface area contributed by atoms with E-state index in [1.807, 2.05) is 48.4 Å². The van der Waals surface area contributed by atoms with E-state index in [4.69, 9.17) is 11.6 Å². The SMILES string of the molecule is C=C1C=CC=C(c2ccc(Br)cc2Cl)N1C. The van der Waals surface area contributed by atoms with Crippen molar-refractivity contribution in [3.8, 4) is 0 Å². The van der Waals surface area contributed by atoms with Gasteiger partial charge >= 0.3 is 0 Å². The van der Waals surface area contributed by atoms with Crippen LogP contribution in [-0.2, 0) is 0 Å². The van der Waals surface area contributed by atoms with Crippen molar-refractivity contribution in [3.05, 3.63) is 63.8 Å². The van der Waals surface area contributed by atoms with E-state index in [0.29, 0.717) is 0 Å². The van der Waals surface area contributed by atoms with Crippen molar-refractivity contribution in [1.29, 1.82) is 0 Å². The third-order valence-corrected chi connectivity index (χ3v) is 3.35. The van der Waals surface area contributed by atoms with Gasteiger partial charge in [-0.3, -0.25) is 0 Å². The summed E-state index contributed by atoms with van der Waals surface area (Å²) < 4.78 is 0.981. The van der Waals surface area contributed by atoms with Gasteiger partial charge in [0.05, 0.1) is 5.02 Å². The van der Waals surface area contributed by atoms with E-state index in [2.05, 4.69) is 22.5 Å². The molecule has 0 spiro atoms. The van der Waals surface area contributed by atoms with Crippen LogP contribution in [0.15, 0.2) is 53.2 Å². The van der Waals surface area contributed by atoms with Crippen molar-refractivity contribution in [1.82, 2.24) is 4.90 Å². The lowest BCUT2D eigenvalue weighted by molar-refractivity contribution is 0.615. The van der Waals surface area contributed by atoms with E-state index in [0.717, 1.165) is 26.5 Å². The summed E-state index contributed by atoms with van der Waals surface area (Å²) in [7, 11) is 1.98. The van der Waals surface area contributed by atoms with Crippen molar-refractivity contribution in [2.75, 3.05) is 7.05 Å². The molecule has 0 N–H and O–H groups in total. The quantitative estimate of drug-likeness (QED) is 0.739. The van der Waals surface area contributed by atoms with Crippen LogP contribution in [0.4, 0.5) is 0 Å². The molecule has 0 saturated heterocycles. The van der Waals surface area contributed by atoms with Crippen LogP contribution in [0.2, 0.25) is 5.02 Å². The normalized spacial score (nSPS) is 15.3. The molecule has 1 aliphatic heterocycles. The van der Waals surface area contributed by atoms with E-state index in [9.17, 15) is 0 Å². The van der Waals surface area contributed by atoms with Gasteiger partial charge in [0.15, 0.2) is 0 Å². The van der Waals surface area contributed by atoms with Gasteiger partial charge in [-0.25, -0.2) is 0 Å². The molecular weight excluding hydrogens is 286 g/mol. The molecule has 1 aromatic rings. The van der Waals surface area contributed by atoms with Crippen LogP contribution in [0, 0.1) is 0 Å². The molecular formula is C13H11BrClN. The Morgan fingerprint density at radius 3 is 2.81 bits per heavy atom. The van der Waals surface area contributed by atoms with Crippen LogP contribution < -0.4 is 0 Å². The monoisotopic (exact) mass is 295 g/mol. The van der Waals surface area contributed by atoms with Crippen molar-refractivity contribution in [2.45, 2.75) is 0 Å². The largest absolute Gasteiger partial charge is 0.345 e. The standard InChI is InChI=1S/C13H11BrClN/c1-9-4-3-5-13(16(9)2)11-7-6-10(14)8-12(11)15/h3-8H,1H2,2H3. The van der Waals surface area contributed by atoms with Crippen LogP contribution >= 0.6 is 27.5 Å². The van der Waals surface area contributed by atoms with Gasteiger partial charge in [-0.2, -0.15) is 0 Å². The van der Waals surface area contributed by atoms with Crippen molar-refractivity contribution < 1.29 is 0 Å². The molecule has 1 aliphatic rings. The lowest BCUT2D eigenvalue weighted by Crippen LogP contribution is -2.16. The van der Waals surface area contributed by atoms with E-state index in [1.165, 1.54) is 0 Å². The van der Waals surface area contributed by atoms with Crippen LogP contribution in [0.3, 0.4) is 0 Å². The molecule has 1 nitrogen and oxygen atoms in total. The van der Waals surface area contributed by atoms with Gasteiger partial charge in [0.2, 0.25) is 0 Å². The highest BCUT2D eigenvalue weighted by Gasteiger charge is 2.14. The molecule has 16 heavy (non-hydrogen) atoms. The Hall–Kier alpha value is -0.990. The second kappa shape index (κ2) is 4.48. The number of allylic oxidation sites excluding steroid dienone is 3. The van der Waals surface area contributed by atoms with Gasteiger partial charge in [-0.05, 0) is 24.3 Å². The first kappa shape index (κ1) is 11.5. The topological polar surface area (TPSA) is 3.24 Å². The van der Waals surface area contributed by atoms with Crippen LogP contribution in [0.1, 0.15) is 5.56 Å². The molecule has 0 unspecified atom stereocenters. The first-order valence-corrected chi connectivity index (χ1v) is 6.03. The molecule has 0 aromatic heterocycles. The first-order chi connectivity index (χ1) is 7.59. The molecule has 1 heterocycles. The number of likely N-dealkylation sites (N-methyl/N-ethyl adjacent to an activating group) is 1. The van der Waals surface area contributed by atoms with E-state index in [1.54, 1.807) is 0 Å². The summed E-state index contributed by atoms with van der Waals surface area (Å²) in [5.74, 6) is 0. The summed E-state index contributed by atoms with van der Waals surface area (Å²) in [4.78, 5) is 2.02. The summed E-state index contributed by atoms with van der Waals surface area (Å²) in [5, 5.41) is 0.732. The Morgan fingerprint density at radius 2 is 2.12 bits per heavy atom. The number of hydrogen-bond donors (Lipinski definition) is 0. The summed E-state index contributed by atoms with van der Waals surface area (Å²) >= 11 is 9.62. The fourth-order valence-electron chi connectivity index (χ4n) is 1.60. The number of rotatable bonds is 1. The van der Waals surface area contributed by atoms with E-state index >= 15 is 0 Å². The molecule has 0 bridgehead atoms. The maximum atomic E-state index is 6.22. The van der Waals surface area contributed by atoms with Gasteiger partial charge in [0.25, 0.3) is 0 Å². The lowest BCUT2D eigenvalue weighted by Gasteiger charge is -2.26. The third kappa shape index (κ3) is 2.08. The average molecular weight is 297 g/mol. The molecule has 0 amide bonds. The van der Waals surface area contributed by atoms with Crippen LogP contribution in [-0.4, -0.2) is 11.9 Å². The van der Waals surface area contributed by atoms with Crippen LogP contribution in [0.5, 0.6) is 0 Å². The Bertz CT molecular complexity index is 503. The van der Waals surface area contributed by atoms with Crippen molar-refractivity contribution >= 4 is 33.2 Å². The van der Waals surface area contributed by atoms with Gasteiger partial charge in [-0.15, -0.1) is 0 Å². The van der Waals surface area contributed by atoms with Gasteiger partial charge in [0.1, 0.15) is 0 Å². The summed E-state index contributed by atoms with van der Waals surface area (Å²) in [6.45, 7) is 3.96. The second-order valence-electron chi connectivity index (χ2n) is 3.59. The summed E-state index contributed by atoms with van der Waals surface area (Å²) in [5.41, 5.74) is 3.03. The Balaban J connectivity index is 2.48. The molecule has 0 aliphatic carbocycles. The Kier molecular flexibility index (Phi) is 3.22. The predicted octanol–water partition coefficient (Wildman–Crippen LogP) is 4.46. The Morgan fingerprint density at radius 1 is 1.38 bits per heavy atom. The highest BCUT2D eigenvalue weighted by Crippen LogP contribution is 2.31. The lowest BCUT2D eigenvalue weighted by atomic mass is 10.1. The first-order valence-electron chi connectivity index (χ1n) is 4.86. The van der Waals surface area contributed by atoms with Crippen LogP contribution in [0.25, 0.3) is 5.70 Å². The zero-order chi connectivity index (χ0) is 11.7. The molecule has 0 fully saturated rings. The predicted molar refractivity (Wildman–Crippen MR) is 73.2 cm³/mol. The molecule has 0 atom stereocenters. The summed E-state index contributed by atoms with van der Waals surface area (Å²) in [6, 6.07) is 5.88. The zero-order valence-corrected chi connectivity index (χ0v) is 11.2. The maximum absolute atomic E-state index is 6.22. The smallest absolute Gasteiger partial charge is 0.0510 e.